The highest BCUT2D eigenvalue weighted by Gasteiger charge is 2.37. The van der Waals surface area contributed by atoms with Gasteiger partial charge < -0.3 is 19.1 Å². The van der Waals surface area contributed by atoms with Gasteiger partial charge in [0.05, 0.1) is 31.3 Å². The normalized spacial score (nSPS) is 21.7. The Labute approximate surface area is 139 Å². The summed E-state index contributed by atoms with van der Waals surface area (Å²) in [6.07, 6.45) is 2.28. The number of hydrogen-bond donors (Lipinski definition) is 0. The number of piperidine rings is 1. The van der Waals surface area contributed by atoms with E-state index in [1.165, 1.54) is 19.2 Å². The topological polar surface area (TPSA) is 91.1 Å². The average molecular weight is 336 g/mol. The summed E-state index contributed by atoms with van der Waals surface area (Å²) < 4.78 is 16.1. The first-order valence-corrected chi connectivity index (χ1v) is 7.98. The van der Waals surface area contributed by atoms with Gasteiger partial charge >= 0.3 is 5.69 Å². The molecule has 2 heterocycles. The molecule has 0 aliphatic carbocycles. The minimum Gasteiger partial charge on any atom is -0.490 e. The molecule has 0 unspecified atom stereocenters. The summed E-state index contributed by atoms with van der Waals surface area (Å²) in [6.45, 7) is 1.64. The van der Waals surface area contributed by atoms with Gasteiger partial charge in [0.1, 0.15) is 0 Å². The fourth-order valence-electron chi connectivity index (χ4n) is 3.22. The van der Waals surface area contributed by atoms with E-state index < -0.39 is 11.2 Å². The van der Waals surface area contributed by atoms with E-state index in [-0.39, 0.29) is 28.9 Å². The highest BCUT2D eigenvalue weighted by Crippen LogP contribution is 2.30. The first-order valence-electron chi connectivity index (χ1n) is 7.98. The molecule has 8 heteroatoms. The maximum absolute atomic E-state index is 12.9. The highest BCUT2D eigenvalue weighted by molar-refractivity contribution is 5.95. The zero-order valence-corrected chi connectivity index (χ0v) is 13.5. The molecule has 0 N–H and O–H groups in total. The molecule has 130 valence electrons. The molecule has 1 aromatic carbocycles. The summed E-state index contributed by atoms with van der Waals surface area (Å²) in [5.74, 6) is -0.112. The third-order valence-corrected chi connectivity index (χ3v) is 4.39. The highest BCUT2D eigenvalue weighted by atomic mass is 16.7. The van der Waals surface area contributed by atoms with Crippen molar-refractivity contribution < 1.29 is 23.9 Å². The van der Waals surface area contributed by atoms with E-state index in [4.69, 9.17) is 14.2 Å². The second-order valence-electron chi connectivity index (χ2n) is 5.82. The zero-order chi connectivity index (χ0) is 17.1. The van der Waals surface area contributed by atoms with Crippen LogP contribution in [0, 0.1) is 10.1 Å². The van der Waals surface area contributed by atoms with Gasteiger partial charge in [-0.05, 0) is 31.4 Å². The first kappa shape index (κ1) is 16.7. The maximum Gasteiger partial charge on any atom is 0.311 e. The number of nitro benzene ring substituents is 1. The third-order valence-electron chi connectivity index (χ3n) is 4.39. The van der Waals surface area contributed by atoms with Crippen LogP contribution in [0.4, 0.5) is 5.69 Å². The standard InChI is InChI=1S/C16H20N2O6/c1-22-14-6-5-11(10-13(14)18(20)21)15(19)17-7-3-2-4-12(17)16-23-8-9-24-16/h5-6,10,12,16H,2-4,7-9H2,1H3/t12-/m1/s1. The number of methoxy groups -OCH3 is 1. The van der Waals surface area contributed by atoms with E-state index in [0.717, 1.165) is 19.3 Å². The lowest BCUT2D eigenvalue weighted by Crippen LogP contribution is -2.50. The van der Waals surface area contributed by atoms with Gasteiger partial charge in [-0.15, -0.1) is 0 Å². The minimum atomic E-state index is -0.549. The number of carbonyl (C=O) groups excluding carboxylic acids is 1. The van der Waals surface area contributed by atoms with E-state index >= 15 is 0 Å². The van der Waals surface area contributed by atoms with Crippen LogP contribution in [0.25, 0.3) is 0 Å². The molecule has 3 rings (SSSR count). The molecule has 2 aliphatic rings. The number of rotatable bonds is 4. The van der Waals surface area contributed by atoms with Crippen LogP contribution in [0.1, 0.15) is 29.6 Å². The van der Waals surface area contributed by atoms with Gasteiger partial charge in [-0.1, -0.05) is 0 Å². The molecule has 1 amide bonds. The Bertz CT molecular complexity index is 629. The smallest absolute Gasteiger partial charge is 0.311 e. The molecular formula is C16H20N2O6. The quantitative estimate of drug-likeness (QED) is 0.617. The van der Waals surface area contributed by atoms with Crippen molar-refractivity contribution in [1.82, 2.24) is 4.90 Å². The number of likely N-dealkylation sites (tertiary alicyclic amines) is 1. The lowest BCUT2D eigenvalue weighted by Gasteiger charge is -2.38. The Kier molecular flexibility index (Phi) is 4.96. The monoisotopic (exact) mass is 336 g/mol. The molecule has 1 atom stereocenters. The summed E-state index contributed by atoms with van der Waals surface area (Å²) in [6, 6.07) is 4.11. The largest absolute Gasteiger partial charge is 0.490 e. The van der Waals surface area contributed by atoms with E-state index in [1.54, 1.807) is 11.0 Å². The molecule has 24 heavy (non-hydrogen) atoms. The number of carbonyl (C=O) groups is 1. The summed E-state index contributed by atoms with van der Waals surface area (Å²) >= 11 is 0. The fourth-order valence-corrected chi connectivity index (χ4v) is 3.22. The summed E-state index contributed by atoms with van der Waals surface area (Å²) in [4.78, 5) is 25.2. The van der Waals surface area contributed by atoms with Crippen molar-refractivity contribution in [2.24, 2.45) is 0 Å². The minimum absolute atomic E-state index is 0.134. The van der Waals surface area contributed by atoms with Crippen LogP contribution >= 0.6 is 0 Å². The van der Waals surface area contributed by atoms with Gasteiger partial charge in [0, 0.05) is 18.2 Å². The van der Waals surface area contributed by atoms with Gasteiger partial charge in [0.25, 0.3) is 5.91 Å². The van der Waals surface area contributed by atoms with Crippen molar-refractivity contribution in [3.8, 4) is 5.75 Å². The molecule has 0 saturated carbocycles. The average Bonchev–Trinajstić information content (AvgIpc) is 3.15. The van der Waals surface area contributed by atoms with E-state index in [9.17, 15) is 14.9 Å². The molecule has 2 aliphatic heterocycles. The van der Waals surface area contributed by atoms with Gasteiger partial charge in [0.15, 0.2) is 12.0 Å². The number of nitrogens with zero attached hydrogens (tertiary/aromatic N) is 2. The number of benzene rings is 1. The van der Waals surface area contributed by atoms with Crippen molar-refractivity contribution in [3.63, 3.8) is 0 Å². The van der Waals surface area contributed by atoms with Crippen LogP contribution in [-0.4, -0.2) is 54.9 Å². The molecule has 0 aromatic heterocycles. The second kappa shape index (κ2) is 7.14. The number of hydrogen-bond acceptors (Lipinski definition) is 6. The summed E-state index contributed by atoms with van der Waals surface area (Å²) in [7, 11) is 1.36. The maximum atomic E-state index is 12.9. The van der Waals surface area contributed by atoms with Crippen LogP contribution in [0.2, 0.25) is 0 Å². The molecule has 8 nitrogen and oxygen atoms in total. The van der Waals surface area contributed by atoms with Crippen molar-refractivity contribution in [3.05, 3.63) is 33.9 Å². The van der Waals surface area contributed by atoms with Crippen molar-refractivity contribution in [2.75, 3.05) is 26.9 Å². The van der Waals surface area contributed by atoms with Gasteiger partial charge in [-0.2, -0.15) is 0 Å². The first-order chi connectivity index (χ1) is 11.6. The molecule has 0 radical (unpaired) electrons. The Morgan fingerprint density at radius 2 is 2.08 bits per heavy atom. The molecule has 2 fully saturated rings. The van der Waals surface area contributed by atoms with Crippen LogP contribution in [0.15, 0.2) is 18.2 Å². The number of ether oxygens (including phenoxy) is 3. The third kappa shape index (κ3) is 3.20. The Hall–Kier alpha value is -2.19. The van der Waals surface area contributed by atoms with Crippen molar-refractivity contribution in [2.45, 2.75) is 31.6 Å². The van der Waals surface area contributed by atoms with E-state index in [1.807, 2.05) is 0 Å². The molecule has 2 saturated heterocycles. The van der Waals surface area contributed by atoms with Crippen molar-refractivity contribution >= 4 is 11.6 Å². The van der Waals surface area contributed by atoms with E-state index in [2.05, 4.69) is 0 Å². The van der Waals surface area contributed by atoms with Crippen LogP contribution in [-0.2, 0) is 9.47 Å². The Balaban J connectivity index is 1.86. The van der Waals surface area contributed by atoms with Crippen molar-refractivity contribution in [1.29, 1.82) is 0 Å². The Morgan fingerprint density at radius 3 is 2.75 bits per heavy atom. The van der Waals surface area contributed by atoms with E-state index in [0.29, 0.717) is 19.8 Å². The summed E-state index contributed by atoms with van der Waals surface area (Å²) in [5.41, 5.74) is 0.0534. The molecule has 1 aromatic rings. The molecular weight excluding hydrogens is 316 g/mol. The number of nitro groups is 1. The predicted molar refractivity (Wildman–Crippen MR) is 84.0 cm³/mol. The molecule has 0 bridgehead atoms. The summed E-state index contributed by atoms with van der Waals surface area (Å²) in [5, 5.41) is 11.2. The number of amides is 1. The van der Waals surface area contributed by atoms with Gasteiger partial charge in [-0.25, -0.2) is 0 Å². The van der Waals surface area contributed by atoms with Gasteiger partial charge in [0.2, 0.25) is 0 Å². The Morgan fingerprint density at radius 1 is 1.33 bits per heavy atom. The SMILES string of the molecule is COc1ccc(C(=O)N2CCCC[C@@H]2C2OCCO2)cc1[N+](=O)[O-]. The lowest BCUT2D eigenvalue weighted by atomic mass is 10.00. The van der Waals surface area contributed by atoms with Crippen LogP contribution in [0.5, 0.6) is 5.75 Å². The second-order valence-corrected chi connectivity index (χ2v) is 5.82. The lowest BCUT2D eigenvalue weighted by molar-refractivity contribution is -0.385. The van der Waals surface area contributed by atoms with Crippen LogP contribution in [0.3, 0.4) is 0 Å². The predicted octanol–water partition coefficient (Wildman–Crippen LogP) is 1.97. The zero-order valence-electron chi connectivity index (χ0n) is 13.5. The van der Waals surface area contributed by atoms with Crippen LogP contribution < -0.4 is 4.74 Å². The molecule has 0 spiro atoms. The fraction of sp³-hybridized carbons (Fsp3) is 0.562. The van der Waals surface area contributed by atoms with Gasteiger partial charge in [-0.3, -0.25) is 14.9 Å².